The second kappa shape index (κ2) is 6.92. The Labute approximate surface area is 159 Å². The van der Waals surface area contributed by atoms with E-state index in [9.17, 15) is 4.79 Å². The number of fused-ring (bicyclic) bond motifs is 1. The lowest BCUT2D eigenvalue weighted by Gasteiger charge is -2.09. The van der Waals surface area contributed by atoms with E-state index in [2.05, 4.69) is 26.2 Å². The number of anilines is 1. The summed E-state index contributed by atoms with van der Waals surface area (Å²) >= 11 is 3.48. The molecule has 0 aliphatic carbocycles. The van der Waals surface area contributed by atoms with Crippen LogP contribution in [0.5, 0.6) is 0 Å². The Bertz CT molecular complexity index is 966. The quantitative estimate of drug-likeness (QED) is 0.675. The van der Waals surface area contributed by atoms with E-state index >= 15 is 0 Å². The number of hydrogen-bond donors (Lipinski definition) is 2. The number of nitrogens with one attached hydrogen (secondary N) is 1. The molecule has 1 aromatic carbocycles. The van der Waals surface area contributed by atoms with Gasteiger partial charge in [0.05, 0.1) is 16.9 Å². The predicted octanol–water partition coefficient (Wildman–Crippen LogP) is 4.14. The molecule has 0 atom stereocenters. The fourth-order valence-electron chi connectivity index (χ4n) is 3.21. The highest BCUT2D eigenvalue weighted by Crippen LogP contribution is 2.34. The molecule has 3 aromatic rings. The molecule has 0 saturated heterocycles. The minimum absolute atomic E-state index is 0.261. The van der Waals surface area contributed by atoms with Crippen LogP contribution in [0, 0.1) is 0 Å². The number of pyridine rings is 1. The van der Waals surface area contributed by atoms with E-state index in [-0.39, 0.29) is 5.56 Å². The average Bonchev–Trinajstić information content (AvgIpc) is 2.83. The number of aromatic carboxylic acids is 1. The van der Waals surface area contributed by atoms with Crippen LogP contribution in [0.4, 0.5) is 5.82 Å². The number of nitrogens with zero attached hydrogens (tertiary/aromatic N) is 3. The number of hydrogen-bond acceptors (Lipinski definition) is 4. The molecule has 0 spiro atoms. The van der Waals surface area contributed by atoms with E-state index in [1.54, 1.807) is 30.5 Å². The third-order valence-electron chi connectivity index (χ3n) is 4.47. The van der Waals surface area contributed by atoms with Gasteiger partial charge in [-0.3, -0.25) is 4.98 Å². The zero-order chi connectivity index (χ0) is 18.1. The second-order valence-electron chi connectivity index (χ2n) is 6.22. The van der Waals surface area contributed by atoms with Crippen LogP contribution in [0.3, 0.4) is 0 Å². The van der Waals surface area contributed by atoms with E-state index in [1.165, 1.54) is 5.56 Å². The highest BCUT2D eigenvalue weighted by Gasteiger charge is 2.22. The lowest BCUT2D eigenvalue weighted by atomic mass is 10.1. The fraction of sp³-hybridized carbons (Fsp3) is 0.211. The van der Waals surface area contributed by atoms with Crippen LogP contribution in [0.15, 0.2) is 47.2 Å². The van der Waals surface area contributed by atoms with Gasteiger partial charge in [0.2, 0.25) is 0 Å². The summed E-state index contributed by atoms with van der Waals surface area (Å²) < 4.78 is 2.77. The first kappa shape index (κ1) is 16.8. The highest BCUT2D eigenvalue weighted by molar-refractivity contribution is 9.10. The first-order valence-corrected chi connectivity index (χ1v) is 9.23. The maximum atomic E-state index is 11.1. The molecular formula is C19H17BrN4O2. The van der Waals surface area contributed by atoms with E-state index < -0.39 is 5.97 Å². The number of carboxylic acids is 1. The van der Waals surface area contributed by atoms with Gasteiger partial charge < -0.3 is 10.4 Å². The Kier molecular flexibility index (Phi) is 4.46. The SMILES string of the molecule is O=C(O)c1ccc(-n2nc(-c3cncc(Br)c3)c3c2NCCCC3)cc1. The Morgan fingerprint density at radius 1 is 1.19 bits per heavy atom. The summed E-state index contributed by atoms with van der Waals surface area (Å²) in [6.07, 6.45) is 6.70. The van der Waals surface area contributed by atoms with Crippen molar-refractivity contribution in [2.75, 3.05) is 11.9 Å². The molecule has 132 valence electrons. The Morgan fingerprint density at radius 3 is 2.73 bits per heavy atom. The average molecular weight is 413 g/mol. The Balaban J connectivity index is 1.86. The molecule has 0 unspecified atom stereocenters. The molecule has 0 amide bonds. The van der Waals surface area contributed by atoms with Gasteiger partial charge in [0, 0.05) is 34.5 Å². The normalized spacial score (nSPS) is 13.6. The van der Waals surface area contributed by atoms with E-state index in [0.29, 0.717) is 0 Å². The number of carbonyl (C=O) groups is 1. The number of aromatic nitrogens is 3. The molecule has 6 nitrogen and oxygen atoms in total. The Hall–Kier alpha value is -2.67. The molecule has 0 fully saturated rings. The van der Waals surface area contributed by atoms with Crippen LogP contribution in [0.2, 0.25) is 0 Å². The standard InChI is InChI=1S/C19H17BrN4O2/c20-14-9-13(10-21-11-14)17-16-3-1-2-8-22-18(16)24(23-17)15-6-4-12(5-7-15)19(25)26/h4-7,9-11,22H,1-3,8H2,(H,25,26). The lowest BCUT2D eigenvalue weighted by molar-refractivity contribution is 0.0697. The smallest absolute Gasteiger partial charge is 0.335 e. The summed E-state index contributed by atoms with van der Waals surface area (Å²) in [5, 5.41) is 17.4. The molecule has 1 aliphatic rings. The summed E-state index contributed by atoms with van der Waals surface area (Å²) in [5.74, 6) is 0.0374. The third-order valence-corrected chi connectivity index (χ3v) is 4.90. The van der Waals surface area contributed by atoms with Crippen molar-refractivity contribution >= 4 is 27.7 Å². The summed E-state index contributed by atoms with van der Waals surface area (Å²) in [6.45, 7) is 0.891. The first-order chi connectivity index (χ1) is 12.6. The zero-order valence-corrected chi connectivity index (χ0v) is 15.5. The first-order valence-electron chi connectivity index (χ1n) is 8.44. The van der Waals surface area contributed by atoms with Gasteiger partial charge in [-0.25, -0.2) is 9.48 Å². The molecule has 3 heterocycles. The van der Waals surface area contributed by atoms with E-state index in [0.717, 1.165) is 53.0 Å². The fourth-order valence-corrected chi connectivity index (χ4v) is 3.57. The molecule has 4 rings (SSSR count). The molecule has 1 aliphatic heterocycles. The van der Waals surface area contributed by atoms with Crippen molar-refractivity contribution in [3.05, 3.63) is 58.3 Å². The maximum absolute atomic E-state index is 11.1. The van der Waals surface area contributed by atoms with Crippen molar-refractivity contribution in [2.45, 2.75) is 19.3 Å². The summed E-state index contributed by atoms with van der Waals surface area (Å²) in [5.41, 5.74) is 4.13. The number of halogens is 1. The van der Waals surface area contributed by atoms with Crippen LogP contribution < -0.4 is 5.32 Å². The van der Waals surface area contributed by atoms with Crippen LogP contribution >= 0.6 is 15.9 Å². The molecule has 0 bridgehead atoms. The van der Waals surface area contributed by atoms with Gasteiger partial charge in [0.15, 0.2) is 0 Å². The van der Waals surface area contributed by atoms with Gasteiger partial charge in [-0.05, 0) is 65.5 Å². The van der Waals surface area contributed by atoms with Crippen molar-refractivity contribution in [3.8, 4) is 16.9 Å². The van der Waals surface area contributed by atoms with Crippen molar-refractivity contribution in [3.63, 3.8) is 0 Å². The summed E-state index contributed by atoms with van der Waals surface area (Å²) in [6, 6.07) is 8.78. The van der Waals surface area contributed by atoms with Crippen molar-refractivity contribution < 1.29 is 9.90 Å². The van der Waals surface area contributed by atoms with Gasteiger partial charge in [-0.1, -0.05) is 0 Å². The van der Waals surface area contributed by atoms with Crippen molar-refractivity contribution in [1.82, 2.24) is 14.8 Å². The summed E-state index contributed by atoms with van der Waals surface area (Å²) in [4.78, 5) is 15.4. The topological polar surface area (TPSA) is 80.0 Å². The second-order valence-corrected chi connectivity index (χ2v) is 7.13. The van der Waals surface area contributed by atoms with Crippen molar-refractivity contribution in [2.24, 2.45) is 0 Å². The maximum Gasteiger partial charge on any atom is 0.335 e. The van der Waals surface area contributed by atoms with Gasteiger partial charge in [-0.2, -0.15) is 5.10 Å². The van der Waals surface area contributed by atoms with E-state index in [4.69, 9.17) is 10.2 Å². The largest absolute Gasteiger partial charge is 0.478 e. The monoisotopic (exact) mass is 412 g/mol. The predicted molar refractivity (Wildman–Crippen MR) is 103 cm³/mol. The molecule has 2 N–H and O–H groups in total. The highest BCUT2D eigenvalue weighted by atomic mass is 79.9. The number of benzene rings is 1. The van der Waals surface area contributed by atoms with Crippen LogP contribution in [-0.4, -0.2) is 32.4 Å². The van der Waals surface area contributed by atoms with Crippen LogP contribution in [0.25, 0.3) is 16.9 Å². The van der Waals surface area contributed by atoms with Gasteiger partial charge in [0.1, 0.15) is 5.82 Å². The number of carboxylic acid groups (broad SMARTS) is 1. The number of rotatable bonds is 3. The molecule has 0 radical (unpaired) electrons. The van der Waals surface area contributed by atoms with Gasteiger partial charge >= 0.3 is 5.97 Å². The molecule has 2 aromatic heterocycles. The summed E-state index contributed by atoms with van der Waals surface area (Å²) in [7, 11) is 0. The van der Waals surface area contributed by atoms with E-state index in [1.807, 2.05) is 16.9 Å². The molecule has 7 heteroatoms. The van der Waals surface area contributed by atoms with Crippen LogP contribution in [0.1, 0.15) is 28.8 Å². The lowest BCUT2D eigenvalue weighted by Crippen LogP contribution is -2.07. The minimum atomic E-state index is -0.935. The van der Waals surface area contributed by atoms with Gasteiger partial charge in [-0.15, -0.1) is 0 Å². The Morgan fingerprint density at radius 2 is 2.00 bits per heavy atom. The zero-order valence-electron chi connectivity index (χ0n) is 13.9. The molecule has 26 heavy (non-hydrogen) atoms. The third kappa shape index (κ3) is 3.10. The van der Waals surface area contributed by atoms with Crippen molar-refractivity contribution in [1.29, 1.82) is 0 Å². The molecular weight excluding hydrogens is 396 g/mol. The van der Waals surface area contributed by atoms with Crippen LogP contribution in [-0.2, 0) is 6.42 Å². The van der Waals surface area contributed by atoms with Gasteiger partial charge in [0.25, 0.3) is 0 Å². The minimum Gasteiger partial charge on any atom is -0.478 e. The molecule has 0 saturated carbocycles.